The predicted octanol–water partition coefficient (Wildman–Crippen LogP) is 13.0. The Labute approximate surface area is 212 Å². The van der Waals surface area contributed by atoms with Crippen molar-refractivity contribution in [3.63, 3.8) is 0 Å². The van der Waals surface area contributed by atoms with Crippen molar-refractivity contribution in [2.75, 3.05) is 0 Å². The van der Waals surface area contributed by atoms with Gasteiger partial charge in [-0.25, -0.2) is 0 Å². The molecule has 0 aliphatic rings. The van der Waals surface area contributed by atoms with E-state index in [1.807, 2.05) is 0 Å². The van der Waals surface area contributed by atoms with Crippen LogP contribution in [-0.4, -0.2) is 0 Å². The van der Waals surface area contributed by atoms with Crippen LogP contribution in [0, 0.1) is 5.92 Å². The molecule has 0 saturated carbocycles. The van der Waals surface area contributed by atoms with E-state index in [-0.39, 0.29) is 0 Å². The fourth-order valence-electron chi connectivity index (χ4n) is 5.47. The van der Waals surface area contributed by atoms with E-state index in [1.54, 1.807) is 0 Å². The molecule has 0 aliphatic carbocycles. The maximum Gasteiger partial charge on any atom is -0.0414 e. The molecule has 0 spiro atoms. The Morgan fingerprint density at radius 2 is 0.455 bits per heavy atom. The van der Waals surface area contributed by atoms with Gasteiger partial charge >= 0.3 is 0 Å². The molecule has 0 radical (unpaired) electrons. The highest BCUT2D eigenvalue weighted by molar-refractivity contribution is 4.61. The smallest absolute Gasteiger partial charge is 0.0414 e. The van der Waals surface area contributed by atoms with Crippen molar-refractivity contribution in [2.24, 2.45) is 5.92 Å². The molecule has 0 nitrogen and oxygen atoms in total. The molecule has 0 amide bonds. The summed E-state index contributed by atoms with van der Waals surface area (Å²) in [6.45, 7) is 6.99. The van der Waals surface area contributed by atoms with E-state index in [1.165, 1.54) is 186 Å². The first-order valence-electron chi connectivity index (χ1n) is 16.3. The van der Waals surface area contributed by atoms with Gasteiger partial charge in [-0.15, -0.1) is 0 Å². The zero-order valence-corrected chi connectivity index (χ0v) is 24.1. The summed E-state index contributed by atoms with van der Waals surface area (Å²) in [6.07, 6.45) is 42.8. The predicted molar refractivity (Wildman–Crippen MR) is 154 cm³/mol. The third kappa shape index (κ3) is 28.1. The number of rotatable bonds is 29. The van der Waals surface area contributed by atoms with Crippen molar-refractivity contribution < 1.29 is 0 Å². The summed E-state index contributed by atoms with van der Waals surface area (Å²) in [4.78, 5) is 0. The lowest BCUT2D eigenvalue weighted by molar-refractivity contribution is 0.373. The Morgan fingerprint density at radius 1 is 0.242 bits per heavy atom. The Hall–Kier alpha value is 0. The van der Waals surface area contributed by atoms with Crippen LogP contribution in [0.1, 0.15) is 207 Å². The fourth-order valence-corrected chi connectivity index (χ4v) is 5.47. The SMILES string of the molecule is CCCCCCCCCCCCCCCCCCCCCCCC(CCCC)CCCCC. The van der Waals surface area contributed by atoms with Gasteiger partial charge in [-0.3, -0.25) is 0 Å². The lowest BCUT2D eigenvalue weighted by Gasteiger charge is -2.16. The molecule has 0 rings (SSSR count). The molecule has 0 aromatic carbocycles. The molecular formula is C33H68. The molecule has 0 saturated heterocycles. The Morgan fingerprint density at radius 3 is 0.788 bits per heavy atom. The van der Waals surface area contributed by atoms with E-state index in [9.17, 15) is 0 Å². The van der Waals surface area contributed by atoms with Gasteiger partial charge in [0, 0.05) is 0 Å². The molecule has 1 unspecified atom stereocenters. The summed E-state index contributed by atoms with van der Waals surface area (Å²) in [6, 6.07) is 0. The van der Waals surface area contributed by atoms with Gasteiger partial charge in [0.25, 0.3) is 0 Å². The molecule has 1 atom stereocenters. The van der Waals surface area contributed by atoms with Crippen LogP contribution in [0.5, 0.6) is 0 Å². The molecule has 0 heteroatoms. The van der Waals surface area contributed by atoms with Crippen LogP contribution in [0.15, 0.2) is 0 Å². The van der Waals surface area contributed by atoms with Gasteiger partial charge in [-0.1, -0.05) is 207 Å². The first-order chi connectivity index (χ1) is 16.3. The van der Waals surface area contributed by atoms with Gasteiger partial charge < -0.3 is 0 Å². The quantitative estimate of drug-likeness (QED) is 0.0965. The molecular weight excluding hydrogens is 396 g/mol. The van der Waals surface area contributed by atoms with Gasteiger partial charge in [0.1, 0.15) is 0 Å². The lowest BCUT2D eigenvalue weighted by Crippen LogP contribution is -2.01. The number of hydrogen-bond acceptors (Lipinski definition) is 0. The minimum atomic E-state index is 1.04. The molecule has 0 fully saturated rings. The summed E-state index contributed by atoms with van der Waals surface area (Å²) in [5.41, 5.74) is 0. The van der Waals surface area contributed by atoms with Gasteiger partial charge in [-0.05, 0) is 5.92 Å². The molecule has 33 heavy (non-hydrogen) atoms. The fraction of sp³-hybridized carbons (Fsp3) is 1.00. The van der Waals surface area contributed by atoms with E-state index in [4.69, 9.17) is 0 Å². The summed E-state index contributed by atoms with van der Waals surface area (Å²) >= 11 is 0. The summed E-state index contributed by atoms with van der Waals surface area (Å²) in [5.74, 6) is 1.04. The summed E-state index contributed by atoms with van der Waals surface area (Å²) in [7, 11) is 0. The second-order valence-corrected chi connectivity index (χ2v) is 11.4. The lowest BCUT2D eigenvalue weighted by atomic mass is 9.90. The van der Waals surface area contributed by atoms with Gasteiger partial charge in [0.15, 0.2) is 0 Å². The van der Waals surface area contributed by atoms with Crippen LogP contribution in [0.4, 0.5) is 0 Å². The van der Waals surface area contributed by atoms with Crippen LogP contribution in [0.25, 0.3) is 0 Å². The van der Waals surface area contributed by atoms with Crippen LogP contribution in [0.2, 0.25) is 0 Å². The van der Waals surface area contributed by atoms with E-state index >= 15 is 0 Å². The maximum atomic E-state index is 2.35. The molecule has 0 aromatic rings. The minimum absolute atomic E-state index is 1.04. The largest absolute Gasteiger partial charge is 0.0654 e. The number of unbranched alkanes of at least 4 members (excludes halogenated alkanes) is 23. The van der Waals surface area contributed by atoms with Crippen LogP contribution < -0.4 is 0 Å². The van der Waals surface area contributed by atoms with Crippen LogP contribution in [0.3, 0.4) is 0 Å². The summed E-state index contributed by atoms with van der Waals surface area (Å²) < 4.78 is 0. The third-order valence-corrected chi connectivity index (χ3v) is 7.90. The monoisotopic (exact) mass is 465 g/mol. The van der Waals surface area contributed by atoms with Crippen LogP contribution >= 0.6 is 0 Å². The van der Waals surface area contributed by atoms with Crippen molar-refractivity contribution >= 4 is 0 Å². The van der Waals surface area contributed by atoms with E-state index < -0.39 is 0 Å². The Balaban J connectivity index is 3.24. The first kappa shape index (κ1) is 33.0. The molecule has 0 aromatic heterocycles. The number of hydrogen-bond donors (Lipinski definition) is 0. The first-order valence-corrected chi connectivity index (χ1v) is 16.3. The van der Waals surface area contributed by atoms with Crippen molar-refractivity contribution in [1.82, 2.24) is 0 Å². The van der Waals surface area contributed by atoms with E-state index in [0.29, 0.717) is 0 Å². The molecule has 200 valence electrons. The van der Waals surface area contributed by atoms with Crippen LogP contribution in [-0.2, 0) is 0 Å². The second-order valence-electron chi connectivity index (χ2n) is 11.4. The van der Waals surface area contributed by atoms with Crippen molar-refractivity contribution in [1.29, 1.82) is 0 Å². The highest BCUT2D eigenvalue weighted by Crippen LogP contribution is 2.23. The highest BCUT2D eigenvalue weighted by atomic mass is 14.1. The highest BCUT2D eigenvalue weighted by Gasteiger charge is 2.07. The average Bonchev–Trinajstić information content (AvgIpc) is 2.83. The maximum absolute atomic E-state index is 2.35. The average molecular weight is 465 g/mol. The molecule has 0 heterocycles. The zero-order valence-electron chi connectivity index (χ0n) is 24.1. The Kier molecular flexibility index (Phi) is 30.0. The third-order valence-electron chi connectivity index (χ3n) is 7.90. The topological polar surface area (TPSA) is 0 Å². The van der Waals surface area contributed by atoms with Gasteiger partial charge in [0.2, 0.25) is 0 Å². The molecule has 0 aliphatic heterocycles. The standard InChI is InChI=1S/C33H68/c1-4-7-10-11-12-13-14-15-16-17-18-19-20-21-22-23-24-25-26-27-29-32-33(30-9-6-3)31-28-8-5-2/h33H,4-32H2,1-3H3. The van der Waals surface area contributed by atoms with Gasteiger partial charge in [0.05, 0.1) is 0 Å². The van der Waals surface area contributed by atoms with Gasteiger partial charge in [-0.2, -0.15) is 0 Å². The van der Waals surface area contributed by atoms with Crippen molar-refractivity contribution in [3.8, 4) is 0 Å². The molecule has 0 N–H and O–H groups in total. The zero-order chi connectivity index (χ0) is 24.1. The van der Waals surface area contributed by atoms with E-state index in [2.05, 4.69) is 20.8 Å². The van der Waals surface area contributed by atoms with Crippen molar-refractivity contribution in [3.05, 3.63) is 0 Å². The molecule has 0 bridgehead atoms. The summed E-state index contributed by atoms with van der Waals surface area (Å²) in [5, 5.41) is 0. The Bertz CT molecular complexity index is 320. The second kappa shape index (κ2) is 30.0. The van der Waals surface area contributed by atoms with Crippen molar-refractivity contribution in [2.45, 2.75) is 207 Å². The normalized spacial score (nSPS) is 12.5. The minimum Gasteiger partial charge on any atom is -0.0654 e. The van der Waals surface area contributed by atoms with E-state index in [0.717, 1.165) is 5.92 Å².